The molecule has 22 heavy (non-hydrogen) atoms. The topological polar surface area (TPSA) is 38.3 Å². The van der Waals surface area contributed by atoms with Crippen LogP contribution in [-0.2, 0) is 0 Å². The van der Waals surface area contributed by atoms with Gasteiger partial charge in [-0.3, -0.25) is 4.79 Å². The molecule has 1 amide bonds. The van der Waals surface area contributed by atoms with Gasteiger partial charge in [0.05, 0.1) is 12.7 Å². The summed E-state index contributed by atoms with van der Waals surface area (Å²) in [5, 5.41) is 5.35. The Labute approximate surface area is 131 Å². The summed E-state index contributed by atoms with van der Waals surface area (Å²) < 4.78 is 5.43. The highest BCUT2D eigenvalue weighted by Gasteiger charge is 2.19. The van der Waals surface area contributed by atoms with Crippen molar-refractivity contribution in [2.24, 2.45) is 0 Å². The SMILES string of the molecule is COc1cc2ccccc2cc1C(=O)NC1CCCCCC1. The lowest BCUT2D eigenvalue weighted by molar-refractivity contribution is 0.0930. The van der Waals surface area contributed by atoms with Crippen LogP contribution in [0.1, 0.15) is 48.9 Å². The molecule has 0 heterocycles. The Bertz CT molecular complexity index is 658. The van der Waals surface area contributed by atoms with Crippen molar-refractivity contribution in [1.29, 1.82) is 0 Å². The van der Waals surface area contributed by atoms with Gasteiger partial charge in [-0.1, -0.05) is 49.9 Å². The first-order valence-corrected chi connectivity index (χ1v) is 8.15. The van der Waals surface area contributed by atoms with E-state index in [1.165, 1.54) is 25.7 Å². The van der Waals surface area contributed by atoms with E-state index in [2.05, 4.69) is 5.32 Å². The molecule has 1 N–H and O–H groups in total. The molecule has 0 unspecified atom stereocenters. The summed E-state index contributed by atoms with van der Waals surface area (Å²) in [4.78, 5) is 12.7. The van der Waals surface area contributed by atoms with Crippen LogP contribution in [0.2, 0.25) is 0 Å². The van der Waals surface area contributed by atoms with E-state index in [4.69, 9.17) is 4.74 Å². The maximum atomic E-state index is 12.7. The zero-order valence-electron chi connectivity index (χ0n) is 13.1. The van der Waals surface area contributed by atoms with Crippen molar-refractivity contribution in [3.63, 3.8) is 0 Å². The second kappa shape index (κ2) is 6.82. The van der Waals surface area contributed by atoms with Gasteiger partial charge in [0.25, 0.3) is 5.91 Å². The molecule has 1 aliphatic carbocycles. The van der Waals surface area contributed by atoms with Crippen LogP contribution in [0.3, 0.4) is 0 Å². The summed E-state index contributed by atoms with van der Waals surface area (Å²) in [6.07, 6.45) is 7.15. The standard InChI is InChI=1S/C19H23NO2/c1-22-18-13-15-9-7-6-8-14(15)12-17(18)19(21)20-16-10-4-2-3-5-11-16/h6-9,12-13,16H,2-5,10-11H2,1H3,(H,20,21). The molecule has 3 rings (SSSR count). The van der Waals surface area contributed by atoms with Crippen LogP contribution in [-0.4, -0.2) is 19.1 Å². The molecule has 0 saturated heterocycles. The summed E-state index contributed by atoms with van der Waals surface area (Å²) in [6.45, 7) is 0. The Balaban J connectivity index is 1.85. The first kappa shape index (κ1) is 14.9. The number of amides is 1. The number of ether oxygens (including phenoxy) is 1. The Kier molecular flexibility index (Phi) is 4.62. The lowest BCUT2D eigenvalue weighted by Crippen LogP contribution is -2.34. The third kappa shape index (κ3) is 3.24. The average molecular weight is 297 g/mol. The Morgan fingerprint density at radius 3 is 2.32 bits per heavy atom. The van der Waals surface area contributed by atoms with Gasteiger partial charge >= 0.3 is 0 Å². The van der Waals surface area contributed by atoms with Crippen molar-refractivity contribution in [3.8, 4) is 5.75 Å². The fourth-order valence-electron chi connectivity index (χ4n) is 3.25. The number of nitrogens with one attached hydrogen (secondary N) is 1. The van der Waals surface area contributed by atoms with Gasteiger partial charge in [-0.25, -0.2) is 0 Å². The number of carbonyl (C=O) groups excluding carboxylic acids is 1. The van der Waals surface area contributed by atoms with E-state index in [1.54, 1.807) is 7.11 Å². The maximum Gasteiger partial charge on any atom is 0.255 e. The molecular formula is C19H23NO2. The molecule has 0 atom stereocenters. The van der Waals surface area contributed by atoms with E-state index >= 15 is 0 Å². The Morgan fingerprint density at radius 1 is 1.05 bits per heavy atom. The van der Waals surface area contributed by atoms with Gasteiger partial charge < -0.3 is 10.1 Å². The van der Waals surface area contributed by atoms with Crippen molar-refractivity contribution in [2.45, 2.75) is 44.6 Å². The minimum absolute atomic E-state index is 0.0190. The van der Waals surface area contributed by atoms with Crippen LogP contribution in [0, 0.1) is 0 Å². The van der Waals surface area contributed by atoms with Gasteiger partial charge in [0.1, 0.15) is 5.75 Å². The van der Waals surface area contributed by atoms with E-state index < -0.39 is 0 Å². The number of hydrogen-bond acceptors (Lipinski definition) is 2. The Hall–Kier alpha value is -2.03. The second-order valence-corrected chi connectivity index (χ2v) is 6.06. The van der Waals surface area contributed by atoms with Crippen LogP contribution in [0.15, 0.2) is 36.4 Å². The van der Waals surface area contributed by atoms with E-state index in [9.17, 15) is 4.79 Å². The summed E-state index contributed by atoms with van der Waals surface area (Å²) in [5.41, 5.74) is 0.630. The fourth-order valence-corrected chi connectivity index (χ4v) is 3.25. The van der Waals surface area contributed by atoms with Gasteiger partial charge in [-0.15, -0.1) is 0 Å². The van der Waals surface area contributed by atoms with E-state index in [-0.39, 0.29) is 5.91 Å². The van der Waals surface area contributed by atoms with Gasteiger partial charge in [0, 0.05) is 6.04 Å². The lowest BCUT2D eigenvalue weighted by atomic mass is 10.0. The van der Waals surface area contributed by atoms with Crippen molar-refractivity contribution in [1.82, 2.24) is 5.32 Å². The molecule has 1 aliphatic rings. The molecule has 1 saturated carbocycles. The molecule has 0 radical (unpaired) electrons. The number of methoxy groups -OCH3 is 1. The predicted octanol–water partition coefficient (Wildman–Crippen LogP) is 4.30. The maximum absolute atomic E-state index is 12.7. The summed E-state index contributed by atoms with van der Waals surface area (Å²) in [7, 11) is 1.62. The number of benzene rings is 2. The molecule has 0 aromatic heterocycles. The van der Waals surface area contributed by atoms with Gasteiger partial charge in [0.15, 0.2) is 0 Å². The lowest BCUT2D eigenvalue weighted by Gasteiger charge is -2.17. The largest absolute Gasteiger partial charge is 0.496 e. The van der Waals surface area contributed by atoms with Crippen LogP contribution in [0.5, 0.6) is 5.75 Å². The molecule has 2 aromatic rings. The second-order valence-electron chi connectivity index (χ2n) is 6.06. The minimum atomic E-state index is -0.0190. The minimum Gasteiger partial charge on any atom is -0.496 e. The fraction of sp³-hybridized carbons (Fsp3) is 0.421. The highest BCUT2D eigenvalue weighted by molar-refractivity contribution is 6.01. The van der Waals surface area contributed by atoms with Crippen molar-refractivity contribution < 1.29 is 9.53 Å². The molecule has 0 bridgehead atoms. The Morgan fingerprint density at radius 2 is 1.68 bits per heavy atom. The van der Waals surface area contributed by atoms with Crippen LogP contribution in [0.4, 0.5) is 0 Å². The predicted molar refractivity (Wildman–Crippen MR) is 89.5 cm³/mol. The van der Waals surface area contributed by atoms with Crippen molar-refractivity contribution in [2.75, 3.05) is 7.11 Å². The van der Waals surface area contributed by atoms with Crippen LogP contribution in [0.25, 0.3) is 10.8 Å². The smallest absolute Gasteiger partial charge is 0.255 e. The zero-order chi connectivity index (χ0) is 15.4. The van der Waals surface area contributed by atoms with E-state index in [0.29, 0.717) is 17.4 Å². The normalized spacial score (nSPS) is 16.2. The summed E-state index contributed by atoms with van der Waals surface area (Å²) >= 11 is 0. The van der Waals surface area contributed by atoms with Gasteiger partial charge in [0.2, 0.25) is 0 Å². The molecule has 3 heteroatoms. The average Bonchev–Trinajstić information content (AvgIpc) is 2.82. The summed E-state index contributed by atoms with van der Waals surface area (Å²) in [5.74, 6) is 0.624. The molecule has 0 aliphatic heterocycles. The highest BCUT2D eigenvalue weighted by Crippen LogP contribution is 2.26. The van der Waals surface area contributed by atoms with Gasteiger partial charge in [-0.2, -0.15) is 0 Å². The van der Waals surface area contributed by atoms with E-state index in [0.717, 1.165) is 23.6 Å². The molecule has 2 aromatic carbocycles. The molecule has 1 fully saturated rings. The first-order chi connectivity index (χ1) is 10.8. The van der Waals surface area contributed by atoms with Crippen LogP contribution < -0.4 is 10.1 Å². The number of fused-ring (bicyclic) bond motifs is 1. The van der Waals surface area contributed by atoms with Crippen molar-refractivity contribution >= 4 is 16.7 Å². The highest BCUT2D eigenvalue weighted by atomic mass is 16.5. The monoisotopic (exact) mass is 297 g/mol. The number of hydrogen-bond donors (Lipinski definition) is 1. The molecule has 0 spiro atoms. The van der Waals surface area contributed by atoms with E-state index in [1.807, 2.05) is 36.4 Å². The molecular weight excluding hydrogens is 274 g/mol. The number of rotatable bonds is 3. The van der Waals surface area contributed by atoms with Gasteiger partial charge in [-0.05, 0) is 35.7 Å². The quantitative estimate of drug-likeness (QED) is 0.858. The number of carbonyl (C=O) groups is 1. The third-order valence-corrected chi connectivity index (χ3v) is 4.50. The third-order valence-electron chi connectivity index (χ3n) is 4.50. The summed E-state index contributed by atoms with van der Waals surface area (Å²) in [6, 6.07) is 12.2. The molecule has 116 valence electrons. The van der Waals surface area contributed by atoms with Crippen LogP contribution >= 0.6 is 0 Å². The first-order valence-electron chi connectivity index (χ1n) is 8.15. The molecule has 3 nitrogen and oxygen atoms in total. The zero-order valence-corrected chi connectivity index (χ0v) is 13.1. The van der Waals surface area contributed by atoms with Crippen molar-refractivity contribution in [3.05, 3.63) is 42.0 Å².